The number of benzene rings is 2. The Morgan fingerprint density at radius 2 is 1.82 bits per heavy atom. The predicted molar refractivity (Wildman–Crippen MR) is 126 cm³/mol. The molecule has 2 aromatic rings. The largest absolute Gasteiger partial charge is 0.388 e. The number of ether oxygens (including phenoxy) is 1. The van der Waals surface area contributed by atoms with E-state index in [9.17, 15) is 29.0 Å². The average Bonchev–Trinajstić information content (AvgIpc) is 2.81. The summed E-state index contributed by atoms with van der Waals surface area (Å²) >= 11 is 0. The van der Waals surface area contributed by atoms with Gasteiger partial charge < -0.3 is 25.0 Å². The van der Waals surface area contributed by atoms with Crippen LogP contribution in [0.4, 0.5) is 5.69 Å². The molecular weight excluding hydrogens is 446 g/mol. The smallest absolute Gasteiger partial charge is 0.250 e. The summed E-state index contributed by atoms with van der Waals surface area (Å²) in [6, 6.07) is 13.2. The number of fused-ring (bicyclic) bond motifs is 1. The van der Waals surface area contributed by atoms with Crippen molar-refractivity contribution < 1.29 is 28.5 Å². The maximum Gasteiger partial charge on any atom is 0.250 e. The number of hydrogen-bond donors (Lipinski definition) is 4. The highest BCUT2D eigenvalue weighted by atomic mass is 32.2. The van der Waals surface area contributed by atoms with E-state index in [-0.39, 0.29) is 13.2 Å². The number of allylic oxidation sites excluding steroid dienone is 1. The van der Waals surface area contributed by atoms with Crippen molar-refractivity contribution in [2.45, 2.75) is 38.3 Å². The second kappa shape index (κ2) is 10.6. The Morgan fingerprint density at radius 1 is 1.15 bits per heavy atom. The Bertz CT molecular complexity index is 1160. The predicted octanol–water partition coefficient (Wildman–Crippen LogP) is 0.951. The fraction of sp³-hybridized carbons (Fsp3) is 0.435. The number of aliphatic hydroxyl groups excluding tert-OH is 3. The number of anilines is 1. The molecule has 0 spiro atoms. The van der Waals surface area contributed by atoms with Gasteiger partial charge in [-0.3, -0.25) is 0 Å². The van der Waals surface area contributed by atoms with Crippen LogP contribution >= 0.6 is 0 Å². The first-order valence-electron chi connectivity index (χ1n) is 10.8. The van der Waals surface area contributed by atoms with Crippen LogP contribution in [0.15, 0.2) is 41.3 Å². The Hall–Kier alpha value is -2.52. The van der Waals surface area contributed by atoms with Crippen LogP contribution in [0.2, 0.25) is 0 Å². The van der Waals surface area contributed by atoms with Gasteiger partial charge in [-0.25, -0.2) is 13.1 Å². The average molecular weight is 476 g/mol. The van der Waals surface area contributed by atoms with Gasteiger partial charge in [-0.05, 0) is 54.5 Å². The van der Waals surface area contributed by atoms with Crippen LogP contribution in [0.25, 0.3) is 16.8 Å². The minimum atomic E-state index is -4.19. The van der Waals surface area contributed by atoms with E-state index in [4.69, 9.17) is 4.74 Å². The van der Waals surface area contributed by atoms with Crippen LogP contribution in [0.3, 0.4) is 0 Å². The lowest BCUT2D eigenvalue weighted by molar-refractivity contribution is -0.184. The molecule has 10 heteroatoms. The van der Waals surface area contributed by atoms with Crippen molar-refractivity contribution in [2.24, 2.45) is 0 Å². The van der Waals surface area contributed by atoms with Gasteiger partial charge in [0.05, 0.1) is 12.7 Å². The maximum atomic E-state index is 12.7. The highest BCUT2D eigenvalue weighted by molar-refractivity contribution is 7.93. The molecule has 1 aliphatic rings. The number of nitriles is 1. The molecule has 1 aliphatic heterocycles. The quantitative estimate of drug-likeness (QED) is 0.413. The summed E-state index contributed by atoms with van der Waals surface area (Å²) in [7, 11) is -4.19. The van der Waals surface area contributed by atoms with E-state index in [1.165, 1.54) is 6.08 Å². The SMILES string of the molecule is CCN(CC)c1ccc2cc(/C=C(\C#N)S(=O)(=O)NC[C@H]3OC[C@H](O)[C@@H](O)[C@@H]3O)ccc2c1. The first-order valence-corrected chi connectivity index (χ1v) is 12.2. The molecule has 0 bridgehead atoms. The molecule has 0 radical (unpaired) electrons. The third-order valence-corrected chi connectivity index (χ3v) is 7.09. The van der Waals surface area contributed by atoms with E-state index in [0.717, 1.165) is 29.5 Å². The highest BCUT2D eigenvalue weighted by Crippen LogP contribution is 2.24. The molecule has 1 fully saturated rings. The van der Waals surface area contributed by atoms with Gasteiger partial charge in [0.25, 0.3) is 10.0 Å². The van der Waals surface area contributed by atoms with Crippen molar-refractivity contribution in [1.82, 2.24) is 4.72 Å². The molecule has 1 saturated heterocycles. The van der Waals surface area contributed by atoms with Crippen molar-refractivity contribution in [2.75, 3.05) is 31.1 Å². The van der Waals surface area contributed by atoms with Crippen molar-refractivity contribution in [3.8, 4) is 6.07 Å². The minimum absolute atomic E-state index is 0.237. The molecule has 0 unspecified atom stereocenters. The highest BCUT2D eigenvalue weighted by Gasteiger charge is 2.38. The summed E-state index contributed by atoms with van der Waals surface area (Å²) < 4.78 is 32.7. The third-order valence-electron chi connectivity index (χ3n) is 5.75. The van der Waals surface area contributed by atoms with E-state index < -0.39 is 39.3 Å². The van der Waals surface area contributed by atoms with Crippen LogP contribution < -0.4 is 9.62 Å². The zero-order valence-corrected chi connectivity index (χ0v) is 19.4. The molecule has 3 rings (SSSR count). The first kappa shape index (κ1) is 25.1. The molecule has 0 amide bonds. The summed E-state index contributed by atoms with van der Waals surface area (Å²) in [6.45, 7) is 5.36. The van der Waals surface area contributed by atoms with E-state index in [0.29, 0.717) is 5.56 Å². The van der Waals surface area contributed by atoms with Crippen LogP contribution in [0, 0.1) is 11.3 Å². The van der Waals surface area contributed by atoms with Gasteiger partial charge in [-0.15, -0.1) is 0 Å². The van der Waals surface area contributed by atoms with Gasteiger partial charge in [0.15, 0.2) is 4.91 Å². The lowest BCUT2D eigenvalue weighted by Gasteiger charge is -2.35. The van der Waals surface area contributed by atoms with Crippen molar-refractivity contribution in [1.29, 1.82) is 5.26 Å². The van der Waals surface area contributed by atoms with Crippen LogP contribution in [-0.2, 0) is 14.8 Å². The fourth-order valence-electron chi connectivity index (χ4n) is 3.76. The monoisotopic (exact) mass is 475 g/mol. The first-order chi connectivity index (χ1) is 15.7. The molecule has 178 valence electrons. The standard InChI is InChI=1S/C23H29N3O6S/c1-3-26(4-2)18-8-7-16-9-15(5-6-17(16)11-18)10-19(12-24)33(30,31)25-13-21-23(29)22(28)20(27)14-32-21/h5-11,20-23,25,27-29H,3-4,13-14H2,1-2H3/b19-10+/t20-,21+,22+,23+/m0/s1. The fourth-order valence-corrected chi connectivity index (χ4v) is 4.71. The van der Waals surface area contributed by atoms with Crippen LogP contribution in [0.5, 0.6) is 0 Å². The molecule has 1 heterocycles. The number of rotatable bonds is 8. The van der Waals surface area contributed by atoms with Crippen LogP contribution in [0.1, 0.15) is 19.4 Å². The van der Waals surface area contributed by atoms with Gasteiger partial charge >= 0.3 is 0 Å². The normalized spacial score (nSPS) is 23.9. The Balaban J connectivity index is 1.78. The molecule has 33 heavy (non-hydrogen) atoms. The summed E-state index contributed by atoms with van der Waals surface area (Å²) in [6.07, 6.45) is -3.94. The van der Waals surface area contributed by atoms with Gasteiger partial charge in [0.1, 0.15) is 24.4 Å². The molecule has 0 aromatic heterocycles. The zero-order chi connectivity index (χ0) is 24.2. The summed E-state index contributed by atoms with van der Waals surface area (Å²) in [5.74, 6) is 0. The molecule has 9 nitrogen and oxygen atoms in total. The molecule has 0 aliphatic carbocycles. The van der Waals surface area contributed by atoms with Crippen molar-refractivity contribution in [3.05, 3.63) is 46.9 Å². The van der Waals surface area contributed by atoms with E-state index in [2.05, 4.69) is 29.5 Å². The Kier molecular flexibility index (Phi) is 8.07. The number of nitrogens with one attached hydrogen (secondary N) is 1. The van der Waals surface area contributed by atoms with Gasteiger partial charge in [0.2, 0.25) is 0 Å². The summed E-state index contributed by atoms with van der Waals surface area (Å²) in [5, 5.41) is 40.6. The van der Waals surface area contributed by atoms with Gasteiger partial charge in [-0.2, -0.15) is 5.26 Å². The van der Waals surface area contributed by atoms with E-state index in [1.807, 2.05) is 18.2 Å². The number of aliphatic hydroxyl groups is 3. The third kappa shape index (κ3) is 5.70. The van der Waals surface area contributed by atoms with E-state index in [1.54, 1.807) is 18.2 Å². The second-order valence-electron chi connectivity index (χ2n) is 7.86. The zero-order valence-electron chi connectivity index (χ0n) is 18.5. The Morgan fingerprint density at radius 3 is 2.48 bits per heavy atom. The molecule has 2 aromatic carbocycles. The second-order valence-corrected chi connectivity index (χ2v) is 9.59. The molecule has 4 N–H and O–H groups in total. The number of nitrogens with zero attached hydrogens (tertiary/aromatic N) is 2. The summed E-state index contributed by atoms with van der Waals surface area (Å²) in [4.78, 5) is 1.74. The van der Waals surface area contributed by atoms with E-state index >= 15 is 0 Å². The molecular formula is C23H29N3O6S. The molecule has 0 saturated carbocycles. The van der Waals surface area contributed by atoms with Crippen molar-refractivity contribution >= 4 is 32.6 Å². The number of sulfonamides is 1. The Labute approximate surface area is 193 Å². The summed E-state index contributed by atoms with van der Waals surface area (Å²) in [5.41, 5.74) is 1.65. The lowest BCUT2D eigenvalue weighted by atomic mass is 10.0. The topological polar surface area (TPSA) is 143 Å². The van der Waals surface area contributed by atoms with Gasteiger partial charge in [-0.1, -0.05) is 18.2 Å². The molecule has 4 atom stereocenters. The number of hydrogen-bond acceptors (Lipinski definition) is 8. The van der Waals surface area contributed by atoms with Gasteiger partial charge in [0, 0.05) is 25.3 Å². The van der Waals surface area contributed by atoms with Crippen molar-refractivity contribution in [3.63, 3.8) is 0 Å². The van der Waals surface area contributed by atoms with Crippen LogP contribution in [-0.4, -0.2) is 74.4 Å². The maximum absolute atomic E-state index is 12.7. The lowest BCUT2D eigenvalue weighted by Crippen LogP contribution is -2.56. The minimum Gasteiger partial charge on any atom is -0.388 e.